The zero-order valence-electron chi connectivity index (χ0n) is 15.4. The fraction of sp³-hybridized carbons (Fsp3) is 0.611. The normalized spacial score (nSPS) is 27.0. The molecule has 1 aliphatic carbocycles. The molecule has 1 aromatic rings. The van der Waals surface area contributed by atoms with Gasteiger partial charge in [0, 0.05) is 19.2 Å². The van der Waals surface area contributed by atoms with E-state index in [1.807, 2.05) is 0 Å². The Labute approximate surface area is 162 Å². The monoisotopic (exact) mass is 416 g/mol. The van der Waals surface area contributed by atoms with Gasteiger partial charge in [-0.05, 0) is 38.3 Å². The van der Waals surface area contributed by atoms with Gasteiger partial charge in [0.15, 0.2) is 14.9 Å². The Kier molecular flexibility index (Phi) is 5.44. The van der Waals surface area contributed by atoms with Gasteiger partial charge in [0.25, 0.3) is 5.92 Å². The predicted molar refractivity (Wildman–Crippen MR) is 94.3 cm³/mol. The molecule has 1 aromatic heterocycles. The van der Waals surface area contributed by atoms with E-state index < -0.39 is 51.3 Å². The lowest BCUT2D eigenvalue weighted by Crippen LogP contribution is -2.48. The fourth-order valence-corrected chi connectivity index (χ4v) is 5.65. The number of amides is 1. The molecule has 2 aliphatic rings. The van der Waals surface area contributed by atoms with Crippen molar-refractivity contribution in [3.63, 3.8) is 0 Å². The average Bonchev–Trinajstić information content (AvgIpc) is 3.27. The van der Waals surface area contributed by atoms with Crippen LogP contribution in [0.3, 0.4) is 0 Å². The SMILES string of the molecule is CCOC(=O)C1(C(=O)N2CCC(F)(F)C2)CCC(S(=O)(=O)c2ccccn2)C1. The number of carbonyl (C=O) groups is 2. The Morgan fingerprint density at radius 2 is 2.07 bits per heavy atom. The van der Waals surface area contributed by atoms with Crippen LogP contribution in [0.1, 0.15) is 32.6 Å². The van der Waals surface area contributed by atoms with E-state index in [4.69, 9.17) is 4.74 Å². The Morgan fingerprint density at radius 3 is 2.64 bits per heavy atom. The molecular weight excluding hydrogens is 394 g/mol. The molecule has 2 fully saturated rings. The second kappa shape index (κ2) is 7.38. The molecule has 3 rings (SSSR count). The van der Waals surface area contributed by atoms with Gasteiger partial charge in [0.2, 0.25) is 5.91 Å². The molecule has 2 heterocycles. The largest absolute Gasteiger partial charge is 0.465 e. The van der Waals surface area contributed by atoms with Gasteiger partial charge in [0.1, 0.15) is 5.41 Å². The van der Waals surface area contributed by atoms with Gasteiger partial charge in [-0.25, -0.2) is 22.2 Å². The number of pyridine rings is 1. The summed E-state index contributed by atoms with van der Waals surface area (Å²) in [4.78, 5) is 30.5. The molecule has 2 unspecified atom stereocenters. The van der Waals surface area contributed by atoms with Crippen LogP contribution in [-0.4, -0.2) is 61.0 Å². The van der Waals surface area contributed by atoms with Crippen molar-refractivity contribution in [3.05, 3.63) is 24.4 Å². The van der Waals surface area contributed by atoms with E-state index in [2.05, 4.69) is 4.98 Å². The molecule has 2 atom stereocenters. The van der Waals surface area contributed by atoms with E-state index in [0.717, 1.165) is 4.90 Å². The first kappa shape index (κ1) is 20.6. The number of nitrogens with zero attached hydrogens (tertiary/aromatic N) is 2. The summed E-state index contributed by atoms with van der Waals surface area (Å²) < 4.78 is 58.0. The predicted octanol–water partition coefficient (Wildman–Crippen LogP) is 1.82. The molecule has 0 spiro atoms. The van der Waals surface area contributed by atoms with E-state index in [0.29, 0.717) is 0 Å². The highest BCUT2D eigenvalue weighted by Crippen LogP contribution is 2.46. The van der Waals surface area contributed by atoms with Crippen LogP contribution in [0.15, 0.2) is 29.4 Å². The van der Waals surface area contributed by atoms with Crippen molar-refractivity contribution in [3.8, 4) is 0 Å². The summed E-state index contributed by atoms with van der Waals surface area (Å²) in [5.41, 5.74) is -1.76. The smallest absolute Gasteiger partial charge is 0.321 e. The van der Waals surface area contributed by atoms with Crippen molar-refractivity contribution in [1.82, 2.24) is 9.88 Å². The van der Waals surface area contributed by atoms with Gasteiger partial charge in [-0.3, -0.25) is 9.59 Å². The summed E-state index contributed by atoms with van der Waals surface area (Å²) in [5.74, 6) is -4.64. The molecule has 1 amide bonds. The lowest BCUT2D eigenvalue weighted by Gasteiger charge is -2.30. The van der Waals surface area contributed by atoms with Gasteiger partial charge in [-0.2, -0.15) is 0 Å². The van der Waals surface area contributed by atoms with Crippen molar-refractivity contribution in [2.75, 3.05) is 19.7 Å². The zero-order valence-corrected chi connectivity index (χ0v) is 16.3. The third-order valence-corrected chi connectivity index (χ3v) is 7.47. The number of alkyl halides is 2. The summed E-state index contributed by atoms with van der Waals surface area (Å²) in [5, 5.41) is -1.15. The number of rotatable bonds is 5. The Hall–Kier alpha value is -2.10. The van der Waals surface area contributed by atoms with Crippen molar-refractivity contribution >= 4 is 21.7 Å². The van der Waals surface area contributed by atoms with Crippen LogP contribution in [0.4, 0.5) is 8.78 Å². The van der Waals surface area contributed by atoms with Crippen LogP contribution in [-0.2, 0) is 24.2 Å². The summed E-state index contributed by atoms with van der Waals surface area (Å²) in [6.07, 6.45) is 0.550. The van der Waals surface area contributed by atoms with E-state index in [1.54, 1.807) is 13.0 Å². The summed E-state index contributed by atoms with van der Waals surface area (Å²) >= 11 is 0. The van der Waals surface area contributed by atoms with Crippen LogP contribution < -0.4 is 0 Å². The van der Waals surface area contributed by atoms with Crippen LogP contribution >= 0.6 is 0 Å². The molecule has 28 heavy (non-hydrogen) atoms. The quantitative estimate of drug-likeness (QED) is 0.537. The number of aromatic nitrogens is 1. The number of halogens is 2. The summed E-state index contributed by atoms with van der Waals surface area (Å²) in [6, 6.07) is 4.46. The molecular formula is C18H22F2N2O5S. The zero-order chi connectivity index (χ0) is 20.6. The van der Waals surface area contributed by atoms with E-state index in [-0.39, 0.29) is 37.4 Å². The maximum Gasteiger partial charge on any atom is 0.321 e. The topological polar surface area (TPSA) is 93.6 Å². The van der Waals surface area contributed by atoms with Crippen LogP contribution in [0, 0.1) is 5.41 Å². The number of hydrogen-bond donors (Lipinski definition) is 0. The van der Waals surface area contributed by atoms with Gasteiger partial charge in [0.05, 0.1) is 18.4 Å². The number of sulfone groups is 1. The fourth-order valence-electron chi connectivity index (χ4n) is 3.90. The van der Waals surface area contributed by atoms with Gasteiger partial charge in [-0.1, -0.05) is 6.07 Å². The average molecular weight is 416 g/mol. The Balaban J connectivity index is 1.90. The lowest BCUT2D eigenvalue weighted by atomic mass is 9.84. The third-order valence-electron chi connectivity index (χ3n) is 5.37. The Morgan fingerprint density at radius 1 is 1.32 bits per heavy atom. The first-order valence-corrected chi connectivity index (χ1v) is 10.7. The summed E-state index contributed by atoms with van der Waals surface area (Å²) in [7, 11) is -3.88. The minimum atomic E-state index is -3.88. The molecule has 10 heteroatoms. The first-order valence-electron chi connectivity index (χ1n) is 9.12. The van der Waals surface area contributed by atoms with Crippen molar-refractivity contribution in [2.24, 2.45) is 5.41 Å². The van der Waals surface area contributed by atoms with Gasteiger partial charge >= 0.3 is 5.97 Å². The van der Waals surface area contributed by atoms with Crippen LogP contribution in [0.25, 0.3) is 0 Å². The second-order valence-electron chi connectivity index (χ2n) is 7.21. The number of esters is 1. The lowest BCUT2D eigenvalue weighted by molar-refractivity contribution is -0.165. The second-order valence-corrected chi connectivity index (χ2v) is 9.39. The maximum atomic E-state index is 13.6. The Bertz CT molecular complexity index is 862. The van der Waals surface area contributed by atoms with E-state index >= 15 is 0 Å². The first-order chi connectivity index (χ1) is 13.1. The highest BCUT2D eigenvalue weighted by molar-refractivity contribution is 7.92. The van der Waals surface area contributed by atoms with Crippen molar-refractivity contribution in [1.29, 1.82) is 0 Å². The minimum Gasteiger partial charge on any atom is -0.465 e. The molecule has 0 bridgehead atoms. The number of likely N-dealkylation sites (tertiary alicyclic amines) is 1. The molecule has 0 N–H and O–H groups in total. The molecule has 154 valence electrons. The van der Waals surface area contributed by atoms with Crippen molar-refractivity contribution in [2.45, 2.75) is 48.8 Å². The number of hydrogen-bond acceptors (Lipinski definition) is 6. The van der Waals surface area contributed by atoms with Crippen LogP contribution in [0.2, 0.25) is 0 Å². The molecule has 7 nitrogen and oxygen atoms in total. The highest BCUT2D eigenvalue weighted by Gasteiger charge is 2.58. The number of carbonyl (C=O) groups excluding carboxylic acids is 2. The third kappa shape index (κ3) is 3.61. The van der Waals surface area contributed by atoms with Gasteiger partial charge in [-0.15, -0.1) is 0 Å². The molecule has 1 aliphatic heterocycles. The summed E-state index contributed by atoms with van der Waals surface area (Å²) in [6.45, 7) is 0.619. The van der Waals surface area contributed by atoms with E-state index in [1.165, 1.54) is 18.3 Å². The van der Waals surface area contributed by atoms with Crippen LogP contribution in [0.5, 0.6) is 0 Å². The molecule has 1 saturated heterocycles. The van der Waals surface area contributed by atoms with E-state index in [9.17, 15) is 26.8 Å². The van der Waals surface area contributed by atoms with Gasteiger partial charge < -0.3 is 9.64 Å². The molecule has 1 saturated carbocycles. The maximum absolute atomic E-state index is 13.6. The molecule has 0 aromatic carbocycles. The molecule has 0 radical (unpaired) electrons. The standard InChI is InChI=1S/C18H22F2N2O5S/c1-2-27-16(24)17(15(23)22-10-8-18(19,20)12-22)7-6-13(11-17)28(25,26)14-5-3-4-9-21-14/h3-5,9,13H,2,6-8,10-12H2,1H3. The minimum absolute atomic E-state index is 0.00167. The highest BCUT2D eigenvalue weighted by atomic mass is 32.2. The number of ether oxygens (including phenoxy) is 1. The van der Waals surface area contributed by atoms with Crippen molar-refractivity contribution < 1.29 is 31.5 Å².